The lowest BCUT2D eigenvalue weighted by Gasteiger charge is -2.16. The zero-order valence-corrected chi connectivity index (χ0v) is 17.2. The van der Waals surface area contributed by atoms with E-state index < -0.39 is 52.7 Å². The molecule has 170 valence electrons. The number of benzene rings is 1. The lowest BCUT2D eigenvalue weighted by molar-refractivity contribution is -0.149. The molecule has 0 N–H and O–H groups in total. The van der Waals surface area contributed by atoms with E-state index in [1.54, 1.807) is 0 Å². The molecule has 0 heterocycles. The Bertz CT molecular complexity index is 695. The topological polar surface area (TPSA) is 52.6 Å². The molecule has 0 saturated heterocycles. The van der Waals surface area contributed by atoms with Gasteiger partial charge < -0.3 is 9.47 Å². The van der Waals surface area contributed by atoms with E-state index >= 15 is 0 Å². The molecule has 0 aromatic heterocycles. The lowest BCUT2D eigenvalue weighted by Crippen LogP contribution is -2.15. The normalized spacial score (nSPS) is 12.0. The largest absolute Gasteiger partial charge is 0.466 e. The highest BCUT2D eigenvalue weighted by molar-refractivity contribution is 5.72. The minimum atomic E-state index is -2.29. The third-order valence-electron chi connectivity index (χ3n) is 4.48. The summed E-state index contributed by atoms with van der Waals surface area (Å²) in [5, 5.41) is 0. The molecule has 1 unspecified atom stereocenters. The monoisotopic (exact) mass is 438 g/mol. The summed E-state index contributed by atoms with van der Waals surface area (Å²) in [6.45, 7) is 3.41. The van der Waals surface area contributed by atoms with Crippen LogP contribution in [-0.4, -0.2) is 18.5 Å². The maximum absolute atomic E-state index is 13.7. The predicted octanol–water partition coefficient (Wildman–Crippen LogP) is 6.06. The van der Waals surface area contributed by atoms with E-state index in [2.05, 4.69) is 6.92 Å². The van der Waals surface area contributed by atoms with Crippen molar-refractivity contribution in [3.63, 3.8) is 0 Å². The van der Waals surface area contributed by atoms with Crippen molar-refractivity contribution in [2.45, 2.75) is 77.7 Å². The van der Waals surface area contributed by atoms with Crippen LogP contribution in [0.4, 0.5) is 22.0 Å². The van der Waals surface area contributed by atoms with E-state index in [-0.39, 0.29) is 19.3 Å². The minimum Gasteiger partial charge on any atom is -0.466 e. The van der Waals surface area contributed by atoms with E-state index in [1.807, 2.05) is 0 Å². The molecule has 4 nitrogen and oxygen atoms in total. The standard InChI is InChI=1S/C21H27F5O4/c1-3-4-5-6-7-8-12-29-14(27)10-9-11-15(28)30-13(2)16-17(22)19(24)21(26)20(25)18(16)23/h13H,3-12H2,1-2H3. The fraction of sp³-hybridized carbons (Fsp3) is 0.619. The second kappa shape index (κ2) is 13.2. The smallest absolute Gasteiger partial charge is 0.306 e. The average molecular weight is 438 g/mol. The van der Waals surface area contributed by atoms with Gasteiger partial charge in [-0.25, -0.2) is 22.0 Å². The van der Waals surface area contributed by atoms with Crippen LogP contribution in [0.25, 0.3) is 0 Å². The Morgan fingerprint density at radius 1 is 0.733 bits per heavy atom. The van der Waals surface area contributed by atoms with Gasteiger partial charge in [0.15, 0.2) is 23.3 Å². The van der Waals surface area contributed by atoms with Gasteiger partial charge in [0.05, 0.1) is 12.2 Å². The first-order valence-electron chi connectivity index (χ1n) is 10.1. The molecule has 30 heavy (non-hydrogen) atoms. The predicted molar refractivity (Wildman–Crippen MR) is 98.9 cm³/mol. The molecule has 0 radical (unpaired) electrons. The first-order valence-corrected chi connectivity index (χ1v) is 10.1. The second-order valence-corrected chi connectivity index (χ2v) is 6.96. The van der Waals surface area contributed by atoms with E-state index in [9.17, 15) is 31.5 Å². The third-order valence-corrected chi connectivity index (χ3v) is 4.48. The first-order chi connectivity index (χ1) is 14.2. The Morgan fingerprint density at radius 3 is 1.83 bits per heavy atom. The van der Waals surface area contributed by atoms with Gasteiger partial charge in [0.2, 0.25) is 5.82 Å². The average Bonchev–Trinajstić information content (AvgIpc) is 2.70. The number of carbonyl (C=O) groups excluding carboxylic acids is 2. The Hall–Kier alpha value is -2.19. The molecule has 1 aromatic carbocycles. The molecular formula is C21H27F5O4. The van der Waals surface area contributed by atoms with Crippen LogP contribution < -0.4 is 0 Å². The van der Waals surface area contributed by atoms with Crippen molar-refractivity contribution >= 4 is 11.9 Å². The molecule has 0 aliphatic heterocycles. The van der Waals surface area contributed by atoms with Crippen molar-refractivity contribution < 1.29 is 41.0 Å². The highest BCUT2D eigenvalue weighted by Crippen LogP contribution is 2.29. The summed E-state index contributed by atoms with van der Waals surface area (Å²) in [6, 6.07) is 0. The molecule has 9 heteroatoms. The molecule has 0 spiro atoms. The van der Waals surface area contributed by atoms with Gasteiger partial charge in [0.25, 0.3) is 0 Å². The molecule has 1 rings (SSSR count). The fourth-order valence-electron chi connectivity index (χ4n) is 2.81. The van der Waals surface area contributed by atoms with Gasteiger partial charge in [-0.2, -0.15) is 0 Å². The molecule has 0 amide bonds. The number of halogens is 5. The van der Waals surface area contributed by atoms with Gasteiger partial charge in [-0.1, -0.05) is 39.0 Å². The molecule has 0 fully saturated rings. The lowest BCUT2D eigenvalue weighted by atomic mass is 10.1. The molecule has 1 atom stereocenters. The van der Waals surface area contributed by atoms with Crippen LogP contribution in [-0.2, 0) is 19.1 Å². The first kappa shape index (κ1) is 25.8. The number of hydrogen-bond acceptors (Lipinski definition) is 4. The van der Waals surface area contributed by atoms with Gasteiger partial charge in [-0.05, 0) is 19.8 Å². The van der Waals surface area contributed by atoms with Gasteiger partial charge >= 0.3 is 11.9 Å². The molecule has 0 aliphatic rings. The van der Waals surface area contributed by atoms with Crippen molar-refractivity contribution in [1.29, 1.82) is 0 Å². The maximum Gasteiger partial charge on any atom is 0.306 e. The van der Waals surface area contributed by atoms with Crippen molar-refractivity contribution in [2.24, 2.45) is 0 Å². The zero-order valence-electron chi connectivity index (χ0n) is 17.2. The SMILES string of the molecule is CCCCCCCCOC(=O)CCCC(=O)OC(C)c1c(F)c(F)c(F)c(F)c1F. The molecule has 0 saturated carbocycles. The number of esters is 2. The van der Waals surface area contributed by atoms with Crippen LogP contribution in [0, 0.1) is 29.1 Å². The van der Waals surface area contributed by atoms with Crippen LogP contribution in [0.15, 0.2) is 0 Å². The van der Waals surface area contributed by atoms with Crippen molar-refractivity contribution in [1.82, 2.24) is 0 Å². The van der Waals surface area contributed by atoms with E-state index in [4.69, 9.17) is 9.47 Å². The van der Waals surface area contributed by atoms with Crippen molar-refractivity contribution in [3.05, 3.63) is 34.6 Å². The highest BCUT2D eigenvalue weighted by atomic mass is 19.2. The second-order valence-electron chi connectivity index (χ2n) is 6.96. The van der Waals surface area contributed by atoms with Gasteiger partial charge in [0.1, 0.15) is 6.10 Å². The number of hydrogen-bond donors (Lipinski definition) is 0. The Morgan fingerprint density at radius 2 is 1.23 bits per heavy atom. The zero-order chi connectivity index (χ0) is 22.7. The van der Waals surface area contributed by atoms with Crippen LogP contribution >= 0.6 is 0 Å². The summed E-state index contributed by atoms with van der Waals surface area (Å²) in [5.74, 6) is -12.0. The summed E-state index contributed by atoms with van der Waals surface area (Å²) >= 11 is 0. The Balaban J connectivity index is 2.36. The third kappa shape index (κ3) is 7.91. The fourth-order valence-corrected chi connectivity index (χ4v) is 2.81. The number of carbonyl (C=O) groups is 2. The van der Waals surface area contributed by atoms with E-state index in [0.717, 1.165) is 39.0 Å². The van der Waals surface area contributed by atoms with Gasteiger partial charge in [-0.3, -0.25) is 9.59 Å². The summed E-state index contributed by atoms with van der Waals surface area (Å²) in [4.78, 5) is 23.4. The van der Waals surface area contributed by atoms with Crippen molar-refractivity contribution in [2.75, 3.05) is 6.61 Å². The van der Waals surface area contributed by atoms with E-state index in [1.165, 1.54) is 6.42 Å². The quantitative estimate of drug-likeness (QED) is 0.124. The number of rotatable bonds is 13. The van der Waals surface area contributed by atoms with E-state index in [0.29, 0.717) is 6.61 Å². The van der Waals surface area contributed by atoms with Gasteiger partial charge in [-0.15, -0.1) is 0 Å². The van der Waals surface area contributed by atoms with Crippen LogP contribution in [0.5, 0.6) is 0 Å². The molecule has 0 aliphatic carbocycles. The Kier molecular flexibility index (Phi) is 11.4. The summed E-state index contributed by atoms with van der Waals surface area (Å²) in [7, 11) is 0. The molecule has 1 aromatic rings. The van der Waals surface area contributed by atoms with Crippen LogP contribution in [0.1, 0.15) is 83.3 Å². The van der Waals surface area contributed by atoms with Crippen LogP contribution in [0.2, 0.25) is 0 Å². The Labute approximate surface area is 172 Å². The maximum atomic E-state index is 13.7. The molecular weight excluding hydrogens is 411 g/mol. The van der Waals surface area contributed by atoms with Crippen LogP contribution in [0.3, 0.4) is 0 Å². The number of unbranched alkanes of at least 4 members (excludes halogenated alkanes) is 5. The highest BCUT2D eigenvalue weighted by Gasteiger charge is 2.30. The number of ether oxygens (including phenoxy) is 2. The van der Waals surface area contributed by atoms with Gasteiger partial charge in [0, 0.05) is 12.8 Å². The summed E-state index contributed by atoms with van der Waals surface area (Å²) in [6.07, 6.45) is 4.34. The van der Waals surface area contributed by atoms with Crippen molar-refractivity contribution in [3.8, 4) is 0 Å². The molecule has 0 bridgehead atoms. The minimum absolute atomic E-state index is 0.0537. The summed E-state index contributed by atoms with van der Waals surface area (Å²) in [5.41, 5.74) is -1.22. The summed E-state index contributed by atoms with van der Waals surface area (Å²) < 4.78 is 76.8.